The predicted octanol–water partition coefficient (Wildman–Crippen LogP) is 2.18. The third-order valence-electron chi connectivity index (χ3n) is 3.87. The number of carbonyl (C=O) groups excluding carboxylic acids is 1. The van der Waals surface area contributed by atoms with E-state index in [0.29, 0.717) is 17.9 Å². The van der Waals surface area contributed by atoms with Crippen molar-refractivity contribution >= 4 is 11.6 Å². The second-order valence-corrected chi connectivity index (χ2v) is 5.74. The van der Waals surface area contributed by atoms with E-state index in [1.54, 1.807) is 0 Å². The lowest BCUT2D eigenvalue weighted by molar-refractivity contribution is 0.0916. The second kappa shape index (κ2) is 6.75. The van der Waals surface area contributed by atoms with Crippen molar-refractivity contribution in [2.45, 2.75) is 39.2 Å². The molecule has 3 N–H and O–H groups in total. The van der Waals surface area contributed by atoms with Gasteiger partial charge in [0.15, 0.2) is 0 Å². The van der Waals surface area contributed by atoms with Gasteiger partial charge >= 0.3 is 0 Å². The molecule has 0 radical (unpaired) electrons. The molecule has 4 nitrogen and oxygen atoms in total. The number of aliphatic hydroxyl groups excluding tert-OH is 1. The minimum Gasteiger partial charge on any atom is -0.396 e. The molecule has 1 aromatic rings. The van der Waals surface area contributed by atoms with E-state index in [9.17, 15) is 4.79 Å². The average Bonchev–Trinajstić information content (AvgIpc) is 2.46. The molecule has 0 spiro atoms. The topological polar surface area (TPSA) is 61.4 Å². The summed E-state index contributed by atoms with van der Waals surface area (Å²) in [7, 11) is 0. The van der Waals surface area contributed by atoms with Crippen molar-refractivity contribution in [2.24, 2.45) is 5.92 Å². The number of anilines is 1. The summed E-state index contributed by atoms with van der Waals surface area (Å²) in [5, 5.41) is 15.4. The van der Waals surface area contributed by atoms with Gasteiger partial charge in [-0.25, -0.2) is 0 Å². The summed E-state index contributed by atoms with van der Waals surface area (Å²) < 4.78 is 0. The molecular formula is C16H24N2O2. The van der Waals surface area contributed by atoms with Gasteiger partial charge < -0.3 is 15.7 Å². The Morgan fingerprint density at radius 1 is 1.45 bits per heavy atom. The van der Waals surface area contributed by atoms with Crippen LogP contribution in [-0.4, -0.2) is 30.2 Å². The largest absolute Gasteiger partial charge is 0.396 e. The fraction of sp³-hybridized carbons (Fsp3) is 0.562. The highest BCUT2D eigenvalue weighted by molar-refractivity contribution is 5.95. The lowest BCUT2D eigenvalue weighted by Crippen LogP contribution is -2.39. The van der Waals surface area contributed by atoms with Gasteiger partial charge in [-0.05, 0) is 48.9 Å². The molecule has 1 amide bonds. The van der Waals surface area contributed by atoms with Crippen LogP contribution >= 0.6 is 0 Å². The zero-order chi connectivity index (χ0) is 14.5. The lowest BCUT2D eigenvalue weighted by atomic mass is 9.98. The Bertz CT molecular complexity index is 472. The number of aliphatic hydroxyl groups is 1. The van der Waals surface area contributed by atoms with Crippen molar-refractivity contribution < 1.29 is 9.90 Å². The van der Waals surface area contributed by atoms with E-state index >= 15 is 0 Å². The number of hydrogen-bond acceptors (Lipinski definition) is 3. The monoisotopic (exact) mass is 276 g/mol. The zero-order valence-corrected chi connectivity index (χ0v) is 12.3. The Balaban J connectivity index is 2.08. The molecule has 1 atom stereocenters. The van der Waals surface area contributed by atoms with Crippen molar-refractivity contribution in [3.8, 4) is 0 Å². The molecule has 1 heterocycles. The van der Waals surface area contributed by atoms with Crippen LogP contribution in [0, 0.1) is 5.92 Å². The second-order valence-electron chi connectivity index (χ2n) is 5.74. The van der Waals surface area contributed by atoms with Gasteiger partial charge in [0, 0.05) is 30.4 Å². The number of amides is 1. The van der Waals surface area contributed by atoms with E-state index in [1.807, 2.05) is 18.2 Å². The molecule has 1 aromatic carbocycles. The van der Waals surface area contributed by atoms with Gasteiger partial charge in [-0.2, -0.15) is 0 Å². The van der Waals surface area contributed by atoms with Crippen LogP contribution in [0.25, 0.3) is 0 Å². The van der Waals surface area contributed by atoms with Crippen LogP contribution in [0.5, 0.6) is 0 Å². The standard InChI is InChI=1S/C16H24N2O2/c1-11(2)14(7-9-19)18-16(20)13-5-6-15-12(10-13)4-3-8-17-15/h5-6,10-11,14,17,19H,3-4,7-9H2,1-2H3,(H,18,20). The molecule has 0 saturated carbocycles. The fourth-order valence-corrected chi connectivity index (χ4v) is 2.58. The van der Waals surface area contributed by atoms with Crippen LogP contribution in [0.2, 0.25) is 0 Å². The number of rotatable bonds is 5. The lowest BCUT2D eigenvalue weighted by Gasteiger charge is -2.22. The molecule has 1 aliphatic rings. The molecule has 2 rings (SSSR count). The van der Waals surface area contributed by atoms with Crippen LogP contribution in [0.15, 0.2) is 18.2 Å². The Morgan fingerprint density at radius 2 is 2.25 bits per heavy atom. The molecule has 4 heteroatoms. The molecular weight excluding hydrogens is 252 g/mol. The summed E-state index contributed by atoms with van der Waals surface area (Å²) in [6, 6.07) is 5.84. The molecule has 1 unspecified atom stereocenters. The molecule has 0 fully saturated rings. The first-order valence-corrected chi connectivity index (χ1v) is 7.40. The van der Waals surface area contributed by atoms with E-state index < -0.39 is 0 Å². The number of hydrogen-bond donors (Lipinski definition) is 3. The zero-order valence-electron chi connectivity index (χ0n) is 12.3. The van der Waals surface area contributed by atoms with Crippen molar-refractivity contribution in [3.63, 3.8) is 0 Å². The maximum atomic E-state index is 12.3. The summed E-state index contributed by atoms with van der Waals surface area (Å²) in [5.41, 5.74) is 3.06. The smallest absolute Gasteiger partial charge is 0.251 e. The maximum Gasteiger partial charge on any atom is 0.251 e. The predicted molar refractivity (Wildman–Crippen MR) is 81.0 cm³/mol. The van der Waals surface area contributed by atoms with Crippen molar-refractivity contribution in [1.82, 2.24) is 5.32 Å². The summed E-state index contributed by atoms with van der Waals surface area (Å²) in [6.07, 6.45) is 2.72. The number of fused-ring (bicyclic) bond motifs is 1. The minimum atomic E-state index is -0.0504. The highest BCUT2D eigenvalue weighted by Crippen LogP contribution is 2.23. The average molecular weight is 276 g/mol. The summed E-state index contributed by atoms with van der Waals surface area (Å²) in [6.45, 7) is 5.20. The number of nitrogens with one attached hydrogen (secondary N) is 2. The molecule has 110 valence electrons. The highest BCUT2D eigenvalue weighted by Gasteiger charge is 2.18. The summed E-state index contributed by atoms with van der Waals surface area (Å²) in [5.74, 6) is 0.260. The summed E-state index contributed by atoms with van der Waals surface area (Å²) in [4.78, 5) is 12.3. The van der Waals surface area contributed by atoms with Gasteiger partial charge in [-0.15, -0.1) is 0 Å². The first kappa shape index (κ1) is 14.9. The highest BCUT2D eigenvalue weighted by atomic mass is 16.3. The van der Waals surface area contributed by atoms with Crippen molar-refractivity contribution in [3.05, 3.63) is 29.3 Å². The molecule has 0 saturated heterocycles. The van der Waals surface area contributed by atoms with Gasteiger partial charge in [0.1, 0.15) is 0 Å². The van der Waals surface area contributed by atoms with Crippen molar-refractivity contribution in [1.29, 1.82) is 0 Å². The first-order chi connectivity index (χ1) is 9.61. The molecule has 0 bridgehead atoms. The van der Waals surface area contributed by atoms with Gasteiger partial charge in [-0.3, -0.25) is 4.79 Å². The van der Waals surface area contributed by atoms with Crippen LogP contribution in [0.4, 0.5) is 5.69 Å². The van der Waals surface area contributed by atoms with Crippen LogP contribution in [0.3, 0.4) is 0 Å². The van der Waals surface area contributed by atoms with E-state index in [2.05, 4.69) is 24.5 Å². The van der Waals surface area contributed by atoms with Gasteiger partial charge in [0.05, 0.1) is 0 Å². The maximum absolute atomic E-state index is 12.3. The van der Waals surface area contributed by atoms with Crippen molar-refractivity contribution in [2.75, 3.05) is 18.5 Å². The fourth-order valence-electron chi connectivity index (χ4n) is 2.58. The molecule has 20 heavy (non-hydrogen) atoms. The van der Waals surface area contributed by atoms with E-state index in [4.69, 9.17) is 5.11 Å². The summed E-state index contributed by atoms with van der Waals surface area (Å²) >= 11 is 0. The number of carbonyl (C=O) groups is 1. The normalized spacial score (nSPS) is 15.4. The quantitative estimate of drug-likeness (QED) is 0.772. The first-order valence-electron chi connectivity index (χ1n) is 7.40. The Labute approximate surface area is 120 Å². The Hall–Kier alpha value is -1.55. The number of benzene rings is 1. The molecule has 0 aromatic heterocycles. The van der Waals surface area contributed by atoms with Crippen LogP contribution in [0.1, 0.15) is 42.6 Å². The van der Waals surface area contributed by atoms with Crippen LogP contribution in [-0.2, 0) is 6.42 Å². The molecule has 0 aliphatic carbocycles. The molecule has 1 aliphatic heterocycles. The van der Waals surface area contributed by atoms with E-state index in [1.165, 1.54) is 5.56 Å². The number of aryl methyl sites for hydroxylation is 1. The van der Waals surface area contributed by atoms with E-state index in [0.717, 1.165) is 25.1 Å². The van der Waals surface area contributed by atoms with Gasteiger partial charge in [-0.1, -0.05) is 13.8 Å². The van der Waals surface area contributed by atoms with E-state index in [-0.39, 0.29) is 18.6 Å². The third kappa shape index (κ3) is 3.51. The Kier molecular flexibility index (Phi) is 5.01. The Morgan fingerprint density at radius 3 is 2.95 bits per heavy atom. The van der Waals surface area contributed by atoms with Gasteiger partial charge in [0.2, 0.25) is 0 Å². The SMILES string of the molecule is CC(C)C(CCO)NC(=O)c1ccc2c(c1)CCCN2. The third-order valence-corrected chi connectivity index (χ3v) is 3.87. The minimum absolute atomic E-state index is 0.0154. The van der Waals surface area contributed by atoms with Crippen LogP contribution < -0.4 is 10.6 Å². The van der Waals surface area contributed by atoms with Gasteiger partial charge in [0.25, 0.3) is 5.91 Å².